The average molecular weight is 594 g/mol. The molecule has 4 aromatic carbocycles. The van der Waals surface area contributed by atoms with Crippen molar-refractivity contribution in [1.82, 2.24) is 0 Å². The second kappa shape index (κ2) is 14.8. The topological polar surface area (TPSA) is 40.5 Å². The van der Waals surface area contributed by atoms with Crippen LogP contribution in [-0.4, -0.2) is 17.1 Å². The van der Waals surface area contributed by atoms with Gasteiger partial charge >= 0.3 is 5.97 Å². The maximum Gasteiger partial charge on any atom is 0.309 e. The van der Waals surface area contributed by atoms with Crippen molar-refractivity contribution in [3.8, 4) is 11.1 Å². The normalized spacial score (nSPS) is 11.7. The van der Waals surface area contributed by atoms with Gasteiger partial charge in [0.05, 0.1) is 5.41 Å². The van der Waals surface area contributed by atoms with Gasteiger partial charge in [-0.15, -0.1) is 11.8 Å². The smallest absolute Gasteiger partial charge is 0.309 e. The lowest BCUT2D eigenvalue weighted by atomic mass is 9.86. The van der Waals surface area contributed by atoms with Crippen LogP contribution >= 0.6 is 11.8 Å². The van der Waals surface area contributed by atoms with E-state index in [0.717, 1.165) is 17.9 Å². The first kappa shape index (κ1) is 32.4. The Balaban J connectivity index is 1.38. The number of thioether (sulfide) groups is 1. The van der Waals surface area contributed by atoms with E-state index >= 15 is 0 Å². The van der Waals surface area contributed by atoms with Crippen molar-refractivity contribution in [2.45, 2.75) is 90.0 Å². The third kappa shape index (κ3) is 8.76. The molecule has 4 rings (SSSR count). The third-order valence-corrected chi connectivity index (χ3v) is 9.51. The highest BCUT2D eigenvalue weighted by Crippen LogP contribution is 2.30. The van der Waals surface area contributed by atoms with Crippen LogP contribution in [0, 0.1) is 5.41 Å². The van der Waals surface area contributed by atoms with Crippen LogP contribution in [0.15, 0.2) is 102 Å². The number of carboxylic acids is 1. The molecule has 0 amide bonds. The average Bonchev–Trinajstić information content (AvgIpc) is 3.00. The van der Waals surface area contributed by atoms with Gasteiger partial charge in [0.15, 0.2) is 0 Å². The van der Waals surface area contributed by atoms with Crippen LogP contribution in [0.25, 0.3) is 11.1 Å². The fraction of sp³-hybridized carbons (Fsp3) is 0.359. The van der Waals surface area contributed by atoms with E-state index in [-0.39, 0.29) is 0 Å². The maximum atomic E-state index is 11.4. The van der Waals surface area contributed by atoms with Crippen LogP contribution in [0.2, 0.25) is 0 Å². The Bertz CT molecular complexity index is 1450. The van der Waals surface area contributed by atoms with Gasteiger partial charge in [-0.1, -0.05) is 80.6 Å². The van der Waals surface area contributed by atoms with Gasteiger partial charge in [-0.2, -0.15) is 0 Å². The fourth-order valence-corrected chi connectivity index (χ4v) is 6.42. The number of rotatable bonds is 14. The van der Waals surface area contributed by atoms with E-state index in [0.29, 0.717) is 18.4 Å². The van der Waals surface area contributed by atoms with Gasteiger partial charge in [0, 0.05) is 28.9 Å². The molecule has 43 heavy (non-hydrogen) atoms. The summed E-state index contributed by atoms with van der Waals surface area (Å²) in [5.74, 6) is 0.760. The predicted molar refractivity (Wildman–Crippen MR) is 184 cm³/mol. The summed E-state index contributed by atoms with van der Waals surface area (Å²) in [5, 5.41) is 9.40. The van der Waals surface area contributed by atoms with Crippen LogP contribution in [0.4, 0.5) is 5.69 Å². The largest absolute Gasteiger partial charge is 0.481 e. The molecule has 0 saturated heterocycles. The molecule has 0 unspecified atom stereocenters. The number of aliphatic carboxylic acids is 1. The quantitative estimate of drug-likeness (QED) is 0.148. The van der Waals surface area contributed by atoms with Crippen molar-refractivity contribution >= 4 is 23.4 Å². The molecule has 0 bridgehead atoms. The summed E-state index contributed by atoms with van der Waals surface area (Å²) >= 11 is 1.80. The summed E-state index contributed by atoms with van der Waals surface area (Å²) in [7, 11) is 0. The second-order valence-corrected chi connectivity index (χ2v) is 13.6. The molecule has 1 N–H and O–H groups in total. The molecular weight excluding hydrogens is 547 g/mol. The van der Waals surface area contributed by atoms with Gasteiger partial charge in [-0.3, -0.25) is 4.79 Å². The lowest BCUT2D eigenvalue weighted by Gasteiger charge is -2.30. The molecular formula is C39H47NO2S. The zero-order valence-corrected chi connectivity index (χ0v) is 27.5. The molecule has 0 saturated carbocycles. The SMILES string of the molecule is CCC(CC)c1ccc(N(Cc2cccc(-c3ccc(CSc4ccc(CC(C)(C)C(=O)O)cc4)cc3)c2)C(C)C)cc1. The minimum absolute atomic E-state index is 0.396. The number of hydrogen-bond donors (Lipinski definition) is 1. The van der Waals surface area contributed by atoms with Crippen molar-refractivity contribution in [2.75, 3.05) is 4.90 Å². The number of carbonyl (C=O) groups is 1. The molecule has 4 aromatic rings. The molecule has 0 fully saturated rings. The van der Waals surface area contributed by atoms with Crippen LogP contribution < -0.4 is 4.90 Å². The highest BCUT2D eigenvalue weighted by molar-refractivity contribution is 7.98. The second-order valence-electron chi connectivity index (χ2n) is 12.5. The van der Waals surface area contributed by atoms with Crippen LogP contribution in [-0.2, 0) is 23.5 Å². The standard InChI is InChI=1S/C39H47NO2S/c1-7-32(8-2)33-18-20-36(21-19-33)40(28(3)4)26-31-10-9-11-35(24-31)34-16-12-30(13-17-34)27-43-37-22-14-29(15-23-37)25-39(5,6)38(41)42/h9-24,28,32H,7-8,25-27H2,1-6H3,(H,41,42). The van der Waals surface area contributed by atoms with Gasteiger partial charge in [-0.25, -0.2) is 0 Å². The fourth-order valence-electron chi connectivity index (χ4n) is 5.57. The van der Waals surface area contributed by atoms with E-state index < -0.39 is 11.4 Å². The zero-order chi connectivity index (χ0) is 31.0. The van der Waals surface area contributed by atoms with Crippen molar-refractivity contribution in [2.24, 2.45) is 5.41 Å². The van der Waals surface area contributed by atoms with Crippen molar-refractivity contribution in [3.63, 3.8) is 0 Å². The summed E-state index contributed by atoms with van der Waals surface area (Å²) in [6.07, 6.45) is 2.89. The van der Waals surface area contributed by atoms with Crippen molar-refractivity contribution < 1.29 is 9.90 Å². The third-order valence-electron chi connectivity index (χ3n) is 8.43. The number of nitrogens with zero attached hydrogens (tertiary/aromatic N) is 1. The van der Waals surface area contributed by atoms with Gasteiger partial charge in [0.2, 0.25) is 0 Å². The Hall–Kier alpha value is -3.50. The van der Waals surface area contributed by atoms with E-state index in [2.05, 4.69) is 118 Å². The molecule has 0 radical (unpaired) electrons. The van der Waals surface area contributed by atoms with Gasteiger partial charge in [0.1, 0.15) is 0 Å². The minimum Gasteiger partial charge on any atom is -0.481 e. The van der Waals surface area contributed by atoms with E-state index in [1.165, 1.54) is 51.2 Å². The Kier molecular flexibility index (Phi) is 11.2. The van der Waals surface area contributed by atoms with Crippen LogP contribution in [0.3, 0.4) is 0 Å². The predicted octanol–water partition coefficient (Wildman–Crippen LogP) is 10.6. The van der Waals surface area contributed by atoms with E-state index in [1.54, 1.807) is 25.6 Å². The van der Waals surface area contributed by atoms with Crippen LogP contribution in [0.5, 0.6) is 0 Å². The number of benzene rings is 4. The molecule has 0 aliphatic heterocycles. The van der Waals surface area contributed by atoms with Gasteiger partial charge in [0.25, 0.3) is 0 Å². The van der Waals surface area contributed by atoms with Crippen molar-refractivity contribution in [3.05, 3.63) is 119 Å². The first-order valence-electron chi connectivity index (χ1n) is 15.6. The van der Waals surface area contributed by atoms with E-state index in [9.17, 15) is 9.90 Å². The van der Waals surface area contributed by atoms with E-state index in [4.69, 9.17) is 0 Å². The molecule has 0 aliphatic carbocycles. The Morgan fingerprint density at radius 1 is 0.791 bits per heavy atom. The highest BCUT2D eigenvalue weighted by atomic mass is 32.2. The summed E-state index contributed by atoms with van der Waals surface area (Å²) in [6.45, 7) is 13.5. The van der Waals surface area contributed by atoms with Crippen LogP contribution in [0.1, 0.15) is 82.6 Å². The minimum atomic E-state index is -0.767. The molecule has 0 spiro atoms. The van der Waals surface area contributed by atoms with Crippen molar-refractivity contribution in [1.29, 1.82) is 0 Å². The van der Waals surface area contributed by atoms with Gasteiger partial charge in [-0.05, 0) is 117 Å². The summed E-state index contributed by atoms with van der Waals surface area (Å²) in [4.78, 5) is 15.1. The lowest BCUT2D eigenvalue weighted by molar-refractivity contribution is -0.146. The zero-order valence-electron chi connectivity index (χ0n) is 26.6. The summed E-state index contributed by atoms with van der Waals surface area (Å²) in [6, 6.07) is 35.7. The Morgan fingerprint density at radius 3 is 2.00 bits per heavy atom. The summed E-state index contributed by atoms with van der Waals surface area (Å²) in [5.41, 5.74) is 8.06. The number of hydrogen-bond acceptors (Lipinski definition) is 3. The first-order valence-corrected chi connectivity index (χ1v) is 16.6. The highest BCUT2D eigenvalue weighted by Gasteiger charge is 2.27. The van der Waals surface area contributed by atoms with Gasteiger partial charge < -0.3 is 10.0 Å². The summed E-state index contributed by atoms with van der Waals surface area (Å²) < 4.78 is 0. The maximum absolute atomic E-state index is 11.4. The Morgan fingerprint density at radius 2 is 1.42 bits per heavy atom. The first-order chi connectivity index (χ1) is 20.6. The number of anilines is 1. The molecule has 0 heterocycles. The Labute approximate surface area is 263 Å². The molecule has 0 atom stereocenters. The molecule has 4 heteroatoms. The van der Waals surface area contributed by atoms with E-state index in [1.807, 2.05) is 12.1 Å². The molecule has 0 aromatic heterocycles. The lowest BCUT2D eigenvalue weighted by Crippen LogP contribution is -2.30. The molecule has 226 valence electrons. The molecule has 0 aliphatic rings. The number of carboxylic acid groups (broad SMARTS) is 1. The molecule has 3 nitrogen and oxygen atoms in total. The monoisotopic (exact) mass is 593 g/mol.